The van der Waals surface area contributed by atoms with Crippen LogP contribution < -0.4 is 0 Å². The number of rotatable bonds is 3. The molecule has 0 saturated carbocycles. The molecule has 0 aliphatic carbocycles. The molecule has 0 radical (unpaired) electrons. The van der Waals surface area contributed by atoms with Crippen LogP contribution in [0.5, 0.6) is 0 Å². The van der Waals surface area contributed by atoms with E-state index in [1.165, 1.54) is 12.4 Å². The third-order valence-corrected chi connectivity index (χ3v) is 2.43. The molecule has 2 rings (SSSR count). The molecule has 0 spiro atoms. The Labute approximate surface area is 103 Å². The van der Waals surface area contributed by atoms with E-state index in [-0.39, 0.29) is 12.8 Å². The smallest absolute Gasteiger partial charge is 0.326 e. The fraction of sp³-hybridized carbons (Fsp3) is 0.273. The van der Waals surface area contributed by atoms with Crippen molar-refractivity contribution in [1.29, 1.82) is 0 Å². The molecule has 94 valence electrons. The highest BCUT2D eigenvalue weighted by atomic mass is 16.7. The maximum Gasteiger partial charge on any atom is 0.358 e. The lowest BCUT2D eigenvalue weighted by Crippen LogP contribution is -2.31. The van der Waals surface area contributed by atoms with Gasteiger partial charge in [-0.1, -0.05) is 0 Å². The van der Waals surface area contributed by atoms with Crippen molar-refractivity contribution >= 4 is 23.5 Å². The van der Waals surface area contributed by atoms with Gasteiger partial charge in [-0.2, -0.15) is 0 Å². The largest absolute Gasteiger partial charge is 0.358 e. The molecule has 0 aromatic carbocycles. The Bertz CT molecular complexity index is 502. The number of imidazole rings is 1. The summed E-state index contributed by atoms with van der Waals surface area (Å²) in [7, 11) is 0. The van der Waals surface area contributed by atoms with Gasteiger partial charge in [0.1, 0.15) is 0 Å². The van der Waals surface area contributed by atoms with Gasteiger partial charge in [-0.05, 0) is 6.92 Å². The predicted molar refractivity (Wildman–Crippen MR) is 59.4 cm³/mol. The normalized spacial score (nSPS) is 16.3. The van der Waals surface area contributed by atoms with Crippen LogP contribution in [0, 0.1) is 0 Å². The Kier molecular flexibility index (Phi) is 3.22. The average molecular weight is 249 g/mol. The van der Waals surface area contributed by atoms with E-state index in [0.29, 0.717) is 10.8 Å². The lowest BCUT2D eigenvalue weighted by Gasteiger charge is -2.11. The van der Waals surface area contributed by atoms with Gasteiger partial charge in [0.05, 0.1) is 6.33 Å². The van der Waals surface area contributed by atoms with Crippen molar-refractivity contribution in [3.8, 4) is 0 Å². The number of hydrogen-bond donors (Lipinski definition) is 0. The van der Waals surface area contributed by atoms with Gasteiger partial charge in [0.15, 0.2) is 0 Å². The number of hydrogen-bond acceptors (Lipinski definition) is 5. The molecule has 7 heteroatoms. The van der Waals surface area contributed by atoms with E-state index in [9.17, 15) is 14.4 Å². The number of carbonyl (C=O) groups is 3. The van der Waals surface area contributed by atoms with E-state index in [4.69, 9.17) is 0 Å². The van der Waals surface area contributed by atoms with Crippen LogP contribution in [0.2, 0.25) is 0 Å². The molecule has 0 bridgehead atoms. The molecule has 18 heavy (non-hydrogen) atoms. The Hall–Kier alpha value is -2.44. The summed E-state index contributed by atoms with van der Waals surface area (Å²) in [4.78, 5) is 42.5. The van der Waals surface area contributed by atoms with Gasteiger partial charge >= 0.3 is 5.97 Å². The first-order chi connectivity index (χ1) is 8.58. The first-order valence-electron chi connectivity index (χ1n) is 5.32. The third kappa shape index (κ3) is 2.45. The zero-order valence-corrected chi connectivity index (χ0v) is 9.70. The number of carbonyl (C=O) groups excluding carboxylic acids is 3. The Balaban J connectivity index is 2.03. The molecule has 1 aromatic heterocycles. The van der Waals surface area contributed by atoms with Crippen LogP contribution in [0.4, 0.5) is 0 Å². The molecule has 0 atom stereocenters. The van der Waals surface area contributed by atoms with Crippen LogP contribution in [0.3, 0.4) is 0 Å². The van der Waals surface area contributed by atoms with E-state index in [1.807, 2.05) is 0 Å². The number of amides is 2. The highest BCUT2D eigenvalue weighted by Crippen LogP contribution is 2.13. The maximum absolute atomic E-state index is 11.5. The van der Waals surface area contributed by atoms with Crippen LogP contribution in [0.15, 0.2) is 24.8 Å². The van der Waals surface area contributed by atoms with Crippen molar-refractivity contribution in [2.45, 2.75) is 19.8 Å². The zero-order chi connectivity index (χ0) is 13.1. The van der Waals surface area contributed by atoms with Gasteiger partial charge in [0.2, 0.25) is 0 Å². The van der Waals surface area contributed by atoms with Gasteiger partial charge in [-0.15, -0.1) is 5.06 Å². The molecule has 1 aliphatic heterocycles. The summed E-state index contributed by atoms with van der Waals surface area (Å²) >= 11 is 0. The maximum atomic E-state index is 11.5. The fourth-order valence-corrected chi connectivity index (χ4v) is 1.49. The van der Waals surface area contributed by atoms with Gasteiger partial charge in [-0.25, -0.2) is 9.78 Å². The van der Waals surface area contributed by atoms with Crippen LogP contribution in [0.25, 0.3) is 5.70 Å². The molecule has 1 aromatic rings. The molecule has 2 heterocycles. The molecule has 0 unspecified atom stereocenters. The molecule has 1 aliphatic rings. The van der Waals surface area contributed by atoms with Crippen LogP contribution in [-0.4, -0.2) is 32.4 Å². The zero-order valence-electron chi connectivity index (χ0n) is 9.70. The number of nitrogens with zero attached hydrogens (tertiary/aromatic N) is 3. The standard InChI is InChI=1S/C11H11N3O4/c1-8(13-5-4-12-7-13)6-11(17)18-14-9(15)2-3-10(14)16/h4-7H,2-3H2,1H3. The lowest BCUT2D eigenvalue weighted by molar-refractivity contribution is -0.193. The minimum Gasteiger partial charge on any atom is -0.326 e. The quantitative estimate of drug-likeness (QED) is 0.570. The van der Waals surface area contributed by atoms with Gasteiger partial charge in [0, 0.05) is 37.0 Å². The van der Waals surface area contributed by atoms with E-state index in [0.717, 1.165) is 0 Å². The van der Waals surface area contributed by atoms with Crippen molar-refractivity contribution in [2.75, 3.05) is 0 Å². The van der Waals surface area contributed by atoms with Crippen LogP contribution >= 0.6 is 0 Å². The van der Waals surface area contributed by atoms with Gasteiger partial charge in [-0.3, -0.25) is 9.59 Å². The summed E-state index contributed by atoms with van der Waals surface area (Å²) in [6.45, 7) is 1.68. The van der Waals surface area contributed by atoms with E-state index in [2.05, 4.69) is 9.82 Å². The minimum absolute atomic E-state index is 0.0797. The molecule has 0 N–H and O–H groups in total. The Morgan fingerprint density at radius 2 is 2.06 bits per heavy atom. The summed E-state index contributed by atoms with van der Waals surface area (Å²) in [5, 5.41) is 0.514. The highest BCUT2D eigenvalue weighted by Gasteiger charge is 2.32. The van der Waals surface area contributed by atoms with Crippen molar-refractivity contribution in [2.24, 2.45) is 0 Å². The minimum atomic E-state index is -0.773. The third-order valence-electron chi connectivity index (χ3n) is 2.43. The summed E-state index contributed by atoms with van der Waals surface area (Å²) in [6.07, 6.45) is 6.08. The topological polar surface area (TPSA) is 81.5 Å². The number of imide groups is 1. The Morgan fingerprint density at radius 3 is 2.61 bits per heavy atom. The van der Waals surface area contributed by atoms with E-state index in [1.54, 1.807) is 23.9 Å². The van der Waals surface area contributed by atoms with Gasteiger partial charge in [0.25, 0.3) is 11.8 Å². The second-order valence-electron chi connectivity index (χ2n) is 3.75. The van der Waals surface area contributed by atoms with Crippen LogP contribution in [-0.2, 0) is 19.2 Å². The lowest BCUT2D eigenvalue weighted by atomic mass is 10.4. The van der Waals surface area contributed by atoms with Crippen molar-refractivity contribution in [3.05, 3.63) is 24.8 Å². The monoisotopic (exact) mass is 249 g/mol. The first kappa shape index (κ1) is 12.0. The van der Waals surface area contributed by atoms with Crippen molar-refractivity contribution in [1.82, 2.24) is 14.6 Å². The summed E-state index contributed by atoms with van der Waals surface area (Å²) in [6, 6.07) is 0. The Morgan fingerprint density at radius 1 is 1.39 bits per heavy atom. The summed E-state index contributed by atoms with van der Waals surface area (Å²) < 4.78 is 1.61. The molecular formula is C11H11N3O4. The SMILES string of the molecule is CC(=CC(=O)ON1C(=O)CCC1=O)n1ccnc1. The predicted octanol–water partition coefficient (Wildman–Crippen LogP) is 0.351. The molecule has 1 saturated heterocycles. The second-order valence-corrected chi connectivity index (χ2v) is 3.75. The molecule has 1 fully saturated rings. The van der Waals surface area contributed by atoms with Crippen LogP contribution in [0.1, 0.15) is 19.8 Å². The number of aromatic nitrogens is 2. The fourth-order valence-electron chi connectivity index (χ4n) is 1.49. The number of allylic oxidation sites excluding steroid dienone is 1. The first-order valence-corrected chi connectivity index (χ1v) is 5.32. The summed E-state index contributed by atoms with van der Waals surface area (Å²) in [5.41, 5.74) is 0.566. The summed E-state index contributed by atoms with van der Waals surface area (Å²) in [5.74, 6) is -1.77. The van der Waals surface area contributed by atoms with E-state index >= 15 is 0 Å². The van der Waals surface area contributed by atoms with Gasteiger partial charge < -0.3 is 9.40 Å². The molecular weight excluding hydrogens is 238 g/mol. The highest BCUT2D eigenvalue weighted by molar-refractivity contribution is 6.02. The molecule has 2 amide bonds. The second kappa shape index (κ2) is 4.82. The number of hydroxylamine groups is 2. The average Bonchev–Trinajstić information content (AvgIpc) is 2.94. The van der Waals surface area contributed by atoms with Crippen molar-refractivity contribution < 1.29 is 19.2 Å². The van der Waals surface area contributed by atoms with Crippen molar-refractivity contribution in [3.63, 3.8) is 0 Å². The van der Waals surface area contributed by atoms with E-state index < -0.39 is 17.8 Å². The molecule has 7 nitrogen and oxygen atoms in total.